The van der Waals surface area contributed by atoms with Crippen LogP contribution in [-0.4, -0.2) is 42.6 Å². The van der Waals surface area contributed by atoms with E-state index in [1.54, 1.807) is 0 Å². The summed E-state index contributed by atoms with van der Waals surface area (Å²) < 4.78 is 37.7. The Bertz CT molecular complexity index is 1180. The van der Waals surface area contributed by atoms with E-state index in [-0.39, 0.29) is 23.9 Å². The van der Waals surface area contributed by atoms with Gasteiger partial charge in [0.2, 0.25) is 15.9 Å². The first-order valence-corrected chi connectivity index (χ1v) is 10.9. The first-order chi connectivity index (χ1) is 14.5. The molecule has 3 aromatic rings. The predicted molar refractivity (Wildman–Crippen MR) is 107 cm³/mol. The van der Waals surface area contributed by atoms with Gasteiger partial charge in [0, 0.05) is 19.5 Å². The van der Waals surface area contributed by atoms with Crippen LogP contribution in [0.4, 0.5) is 0 Å². The molecule has 2 aromatic carbocycles. The maximum absolute atomic E-state index is 12.7. The van der Waals surface area contributed by atoms with Gasteiger partial charge in [0.15, 0.2) is 5.82 Å². The fraction of sp³-hybridized carbons (Fsp3) is 0.286. The zero-order chi connectivity index (χ0) is 21.1. The van der Waals surface area contributed by atoms with Gasteiger partial charge in [-0.2, -0.15) is 14.6 Å². The molecule has 0 saturated carbocycles. The molecule has 1 aliphatic rings. The maximum Gasteiger partial charge on any atom is 0.243 e. The number of nitrogens with zero attached hydrogens (tertiary/aromatic N) is 4. The third kappa shape index (κ3) is 4.20. The molecule has 154 valence electrons. The van der Waals surface area contributed by atoms with Crippen LogP contribution in [0.3, 0.4) is 0 Å². The van der Waals surface area contributed by atoms with Crippen LogP contribution in [0.1, 0.15) is 28.8 Å². The molecular formula is C21H20N4O4S. The standard InChI is InChI=1S/C21H20N4O4S/c1-15-3-2-4-18(11-15)28-10-9-20-23-21(29-24-20)17-13-25(14-17)30(26,27)19-7-5-16(12-22)6-8-19/h2-8,11,17H,9-10,13-14H2,1H3. The second kappa shape index (κ2) is 8.26. The molecule has 30 heavy (non-hydrogen) atoms. The highest BCUT2D eigenvalue weighted by molar-refractivity contribution is 7.89. The maximum atomic E-state index is 12.7. The first-order valence-electron chi connectivity index (χ1n) is 9.48. The van der Waals surface area contributed by atoms with E-state index >= 15 is 0 Å². The van der Waals surface area contributed by atoms with E-state index in [0.29, 0.717) is 30.3 Å². The lowest BCUT2D eigenvalue weighted by Crippen LogP contribution is -2.48. The lowest BCUT2D eigenvalue weighted by atomic mass is 10.0. The monoisotopic (exact) mass is 424 g/mol. The number of rotatable bonds is 7. The summed E-state index contributed by atoms with van der Waals surface area (Å²) in [7, 11) is -3.60. The Kier molecular flexibility index (Phi) is 5.53. The predicted octanol–water partition coefficient (Wildman–Crippen LogP) is 2.66. The molecule has 4 rings (SSSR count). The van der Waals surface area contributed by atoms with Gasteiger partial charge < -0.3 is 9.26 Å². The number of nitriles is 1. The molecule has 1 aliphatic heterocycles. The van der Waals surface area contributed by atoms with Gasteiger partial charge in [-0.3, -0.25) is 0 Å². The number of hydrogen-bond donors (Lipinski definition) is 0. The van der Waals surface area contributed by atoms with Gasteiger partial charge >= 0.3 is 0 Å². The number of ether oxygens (including phenoxy) is 1. The Morgan fingerprint density at radius 2 is 2.00 bits per heavy atom. The smallest absolute Gasteiger partial charge is 0.243 e. The minimum absolute atomic E-state index is 0.128. The SMILES string of the molecule is Cc1cccc(OCCc2noc(C3CN(S(=O)(=O)c4ccc(C#N)cc4)C3)n2)c1. The molecule has 1 fully saturated rings. The third-order valence-electron chi connectivity index (χ3n) is 4.89. The molecule has 1 saturated heterocycles. The Hall–Kier alpha value is -3.22. The quantitative estimate of drug-likeness (QED) is 0.573. The molecule has 0 radical (unpaired) electrons. The molecule has 0 unspecified atom stereocenters. The molecule has 0 atom stereocenters. The molecule has 0 spiro atoms. The average molecular weight is 424 g/mol. The highest BCUT2D eigenvalue weighted by Crippen LogP contribution is 2.31. The summed E-state index contributed by atoms with van der Waals surface area (Å²) in [6.07, 6.45) is 0.497. The second-order valence-corrected chi connectivity index (χ2v) is 9.06. The third-order valence-corrected chi connectivity index (χ3v) is 6.73. The van der Waals surface area contributed by atoms with E-state index in [1.165, 1.54) is 28.6 Å². The van der Waals surface area contributed by atoms with E-state index in [2.05, 4.69) is 10.1 Å². The van der Waals surface area contributed by atoms with Gasteiger partial charge in [0.25, 0.3) is 0 Å². The molecular weight excluding hydrogens is 404 g/mol. The van der Waals surface area contributed by atoms with Gasteiger partial charge in [0.1, 0.15) is 5.75 Å². The van der Waals surface area contributed by atoms with Gasteiger partial charge in [-0.1, -0.05) is 17.3 Å². The summed E-state index contributed by atoms with van der Waals surface area (Å²) in [5.74, 6) is 1.64. The second-order valence-electron chi connectivity index (χ2n) is 7.12. The zero-order valence-electron chi connectivity index (χ0n) is 16.4. The number of benzene rings is 2. The van der Waals surface area contributed by atoms with E-state index in [4.69, 9.17) is 14.5 Å². The summed E-state index contributed by atoms with van der Waals surface area (Å²) in [4.78, 5) is 4.54. The summed E-state index contributed by atoms with van der Waals surface area (Å²) in [6.45, 7) is 2.99. The van der Waals surface area contributed by atoms with Gasteiger partial charge in [-0.25, -0.2) is 8.42 Å². The van der Waals surface area contributed by atoms with Crippen LogP contribution >= 0.6 is 0 Å². The van der Waals surface area contributed by atoms with Crippen molar-refractivity contribution < 1.29 is 17.7 Å². The van der Waals surface area contributed by atoms with Crippen molar-refractivity contribution in [2.24, 2.45) is 0 Å². The first kappa shape index (κ1) is 20.1. The van der Waals surface area contributed by atoms with E-state index in [0.717, 1.165) is 11.3 Å². The van der Waals surface area contributed by atoms with Crippen LogP contribution in [-0.2, 0) is 16.4 Å². The van der Waals surface area contributed by atoms with E-state index < -0.39 is 10.0 Å². The van der Waals surface area contributed by atoms with Gasteiger partial charge in [-0.05, 0) is 48.9 Å². The molecule has 0 N–H and O–H groups in total. The van der Waals surface area contributed by atoms with Crippen LogP contribution < -0.4 is 4.74 Å². The van der Waals surface area contributed by atoms with Gasteiger partial charge in [-0.15, -0.1) is 0 Å². The Labute approximate surface area is 174 Å². The van der Waals surface area contributed by atoms with E-state index in [1.807, 2.05) is 37.3 Å². The molecule has 1 aromatic heterocycles. The lowest BCUT2D eigenvalue weighted by Gasteiger charge is -2.35. The highest BCUT2D eigenvalue weighted by atomic mass is 32.2. The van der Waals surface area contributed by atoms with Crippen molar-refractivity contribution in [1.82, 2.24) is 14.4 Å². The van der Waals surface area contributed by atoms with Crippen LogP contribution in [0.25, 0.3) is 0 Å². The molecule has 8 nitrogen and oxygen atoms in total. The van der Waals surface area contributed by atoms with Crippen molar-refractivity contribution in [3.63, 3.8) is 0 Å². The molecule has 2 heterocycles. The van der Waals surface area contributed by atoms with Crippen molar-refractivity contribution in [1.29, 1.82) is 5.26 Å². The van der Waals surface area contributed by atoms with Crippen molar-refractivity contribution in [3.05, 3.63) is 71.4 Å². The van der Waals surface area contributed by atoms with Crippen molar-refractivity contribution in [3.8, 4) is 11.8 Å². The van der Waals surface area contributed by atoms with Crippen LogP contribution in [0, 0.1) is 18.3 Å². The van der Waals surface area contributed by atoms with Crippen molar-refractivity contribution in [2.75, 3.05) is 19.7 Å². The number of aryl methyl sites for hydroxylation is 1. The number of sulfonamides is 1. The zero-order valence-corrected chi connectivity index (χ0v) is 17.2. The number of aromatic nitrogens is 2. The van der Waals surface area contributed by atoms with E-state index in [9.17, 15) is 8.42 Å². The average Bonchev–Trinajstić information content (AvgIpc) is 3.15. The van der Waals surface area contributed by atoms with Crippen molar-refractivity contribution in [2.45, 2.75) is 24.2 Å². The molecule has 0 aliphatic carbocycles. The molecule has 0 bridgehead atoms. The Morgan fingerprint density at radius 3 is 2.70 bits per heavy atom. The van der Waals surface area contributed by atoms with Crippen molar-refractivity contribution >= 4 is 10.0 Å². The van der Waals surface area contributed by atoms with Crippen LogP contribution in [0.5, 0.6) is 5.75 Å². The largest absolute Gasteiger partial charge is 0.493 e. The normalized spacial score (nSPS) is 14.8. The summed E-state index contributed by atoms with van der Waals surface area (Å²) in [6, 6.07) is 15.6. The molecule has 9 heteroatoms. The molecule has 0 amide bonds. The summed E-state index contributed by atoms with van der Waals surface area (Å²) >= 11 is 0. The van der Waals surface area contributed by atoms with Gasteiger partial charge in [0.05, 0.1) is 29.1 Å². The van der Waals surface area contributed by atoms with Crippen LogP contribution in [0.2, 0.25) is 0 Å². The lowest BCUT2D eigenvalue weighted by molar-refractivity contribution is 0.216. The minimum atomic E-state index is -3.60. The van der Waals surface area contributed by atoms with Crippen LogP contribution in [0.15, 0.2) is 57.9 Å². The topological polar surface area (TPSA) is 109 Å². The highest BCUT2D eigenvalue weighted by Gasteiger charge is 2.40. The Balaban J connectivity index is 1.30. The number of hydrogen-bond acceptors (Lipinski definition) is 7. The summed E-state index contributed by atoms with van der Waals surface area (Å²) in [5, 5.41) is 12.8. The minimum Gasteiger partial charge on any atom is -0.493 e. The fourth-order valence-corrected chi connectivity index (χ4v) is 4.67. The summed E-state index contributed by atoms with van der Waals surface area (Å²) in [5.41, 5.74) is 1.54. The Morgan fingerprint density at radius 1 is 1.23 bits per heavy atom. The fourth-order valence-electron chi connectivity index (χ4n) is 3.14.